The normalized spacial score (nSPS) is 10.0. The van der Waals surface area contributed by atoms with Gasteiger partial charge in [-0.25, -0.2) is 14.2 Å². The van der Waals surface area contributed by atoms with Gasteiger partial charge in [-0.1, -0.05) is 0 Å². The molecule has 0 unspecified atom stereocenters. The Kier molecular flexibility index (Phi) is 3.85. The molecular weight excluding hydrogens is 275 g/mol. The van der Waals surface area contributed by atoms with Gasteiger partial charge in [0.05, 0.1) is 5.56 Å². The maximum atomic E-state index is 13.6. The van der Waals surface area contributed by atoms with Crippen molar-refractivity contribution in [1.29, 1.82) is 5.26 Å². The van der Waals surface area contributed by atoms with Crippen LogP contribution >= 0.6 is 0 Å². The minimum Gasteiger partial charge on any atom is -0.478 e. The molecule has 2 rings (SSSR count). The second-order valence-electron chi connectivity index (χ2n) is 4.42. The minimum absolute atomic E-state index is 0.0671. The summed E-state index contributed by atoms with van der Waals surface area (Å²) in [6.07, 6.45) is 0. The maximum Gasteiger partial charge on any atom is 0.338 e. The standard InChI is InChI=1S/C15H11FN2O3/c1-8-5-9(2)18-14(12(8)7-17)21-10-3-4-11(15(19)20)13(16)6-10/h3-6H,1-2H3,(H,19,20). The maximum absolute atomic E-state index is 13.6. The molecule has 0 saturated carbocycles. The van der Waals surface area contributed by atoms with Crippen LogP contribution in [0.3, 0.4) is 0 Å². The van der Waals surface area contributed by atoms with E-state index in [4.69, 9.17) is 15.1 Å². The van der Waals surface area contributed by atoms with Crippen molar-refractivity contribution in [2.75, 3.05) is 0 Å². The fourth-order valence-corrected chi connectivity index (χ4v) is 1.86. The van der Waals surface area contributed by atoms with Gasteiger partial charge in [0.25, 0.3) is 0 Å². The first-order chi connectivity index (χ1) is 9.92. The molecular formula is C15H11FN2O3. The van der Waals surface area contributed by atoms with Crippen molar-refractivity contribution in [3.05, 3.63) is 52.5 Å². The van der Waals surface area contributed by atoms with E-state index in [1.165, 1.54) is 6.07 Å². The zero-order chi connectivity index (χ0) is 15.6. The fraction of sp³-hybridized carbons (Fsp3) is 0.133. The number of ether oxygens (including phenoxy) is 1. The second kappa shape index (κ2) is 5.59. The number of aromatic nitrogens is 1. The molecule has 0 amide bonds. The molecule has 0 bridgehead atoms. The zero-order valence-electron chi connectivity index (χ0n) is 11.3. The average Bonchev–Trinajstić information content (AvgIpc) is 2.37. The molecule has 6 heteroatoms. The molecule has 0 spiro atoms. The quantitative estimate of drug-likeness (QED) is 0.936. The Morgan fingerprint density at radius 3 is 2.67 bits per heavy atom. The Hall–Kier alpha value is -2.94. The van der Waals surface area contributed by atoms with Crippen LogP contribution in [0, 0.1) is 31.0 Å². The first kappa shape index (κ1) is 14.5. The van der Waals surface area contributed by atoms with Crippen molar-refractivity contribution in [2.45, 2.75) is 13.8 Å². The van der Waals surface area contributed by atoms with E-state index in [1.807, 2.05) is 6.07 Å². The van der Waals surface area contributed by atoms with Gasteiger partial charge in [0.15, 0.2) is 0 Å². The Bertz CT molecular complexity index is 766. The van der Waals surface area contributed by atoms with Gasteiger partial charge in [0.2, 0.25) is 5.88 Å². The number of rotatable bonds is 3. The van der Waals surface area contributed by atoms with E-state index in [-0.39, 0.29) is 17.2 Å². The number of nitrogens with zero attached hydrogens (tertiary/aromatic N) is 2. The van der Waals surface area contributed by atoms with E-state index in [0.717, 1.165) is 12.1 Å². The van der Waals surface area contributed by atoms with Crippen LogP contribution in [0.25, 0.3) is 0 Å². The highest BCUT2D eigenvalue weighted by Crippen LogP contribution is 2.27. The van der Waals surface area contributed by atoms with Crippen LogP contribution in [0.1, 0.15) is 27.2 Å². The van der Waals surface area contributed by atoms with Gasteiger partial charge < -0.3 is 9.84 Å². The highest BCUT2D eigenvalue weighted by Gasteiger charge is 2.14. The van der Waals surface area contributed by atoms with Crippen LogP contribution in [0.4, 0.5) is 4.39 Å². The van der Waals surface area contributed by atoms with Gasteiger partial charge in [0, 0.05) is 11.8 Å². The third kappa shape index (κ3) is 2.98. The molecule has 0 fully saturated rings. The summed E-state index contributed by atoms with van der Waals surface area (Å²) in [6.45, 7) is 3.49. The van der Waals surface area contributed by atoms with Crippen molar-refractivity contribution in [2.24, 2.45) is 0 Å². The Balaban J connectivity index is 2.42. The highest BCUT2D eigenvalue weighted by atomic mass is 19.1. The van der Waals surface area contributed by atoms with E-state index in [0.29, 0.717) is 11.3 Å². The van der Waals surface area contributed by atoms with Gasteiger partial charge in [-0.05, 0) is 37.6 Å². The number of hydrogen-bond donors (Lipinski definition) is 1. The second-order valence-corrected chi connectivity index (χ2v) is 4.42. The topological polar surface area (TPSA) is 83.2 Å². The largest absolute Gasteiger partial charge is 0.478 e. The summed E-state index contributed by atoms with van der Waals surface area (Å²) in [6, 6.07) is 7.08. The molecule has 0 saturated heterocycles. The smallest absolute Gasteiger partial charge is 0.338 e. The summed E-state index contributed by atoms with van der Waals surface area (Å²) in [4.78, 5) is 14.8. The first-order valence-corrected chi connectivity index (χ1v) is 6.01. The summed E-state index contributed by atoms with van der Waals surface area (Å²) < 4.78 is 19.0. The summed E-state index contributed by atoms with van der Waals surface area (Å²) in [5, 5.41) is 17.9. The lowest BCUT2D eigenvalue weighted by molar-refractivity contribution is 0.0692. The Labute approximate surface area is 120 Å². The fourth-order valence-electron chi connectivity index (χ4n) is 1.86. The van der Waals surface area contributed by atoms with Gasteiger partial charge in [-0.3, -0.25) is 0 Å². The van der Waals surface area contributed by atoms with Crippen LogP contribution in [0.15, 0.2) is 24.3 Å². The van der Waals surface area contributed by atoms with E-state index >= 15 is 0 Å². The molecule has 0 atom stereocenters. The monoisotopic (exact) mass is 286 g/mol. The number of nitriles is 1. The minimum atomic E-state index is -1.36. The van der Waals surface area contributed by atoms with Crippen LogP contribution in [0.5, 0.6) is 11.6 Å². The number of halogens is 1. The van der Waals surface area contributed by atoms with E-state index in [2.05, 4.69) is 4.98 Å². The number of hydrogen-bond acceptors (Lipinski definition) is 4. The lowest BCUT2D eigenvalue weighted by Crippen LogP contribution is -2.01. The van der Waals surface area contributed by atoms with E-state index in [1.54, 1.807) is 19.9 Å². The van der Waals surface area contributed by atoms with Crippen LogP contribution < -0.4 is 4.74 Å². The molecule has 0 aliphatic heterocycles. The van der Waals surface area contributed by atoms with Crippen LogP contribution in [-0.2, 0) is 0 Å². The number of pyridine rings is 1. The highest BCUT2D eigenvalue weighted by molar-refractivity contribution is 5.88. The van der Waals surface area contributed by atoms with E-state index in [9.17, 15) is 9.18 Å². The summed E-state index contributed by atoms with van der Waals surface area (Å²) in [5.74, 6) is -2.13. The lowest BCUT2D eigenvalue weighted by Gasteiger charge is -2.09. The first-order valence-electron chi connectivity index (χ1n) is 6.01. The molecule has 0 aliphatic carbocycles. The van der Waals surface area contributed by atoms with Crippen molar-refractivity contribution < 1.29 is 19.0 Å². The molecule has 1 aromatic heterocycles. The van der Waals surface area contributed by atoms with Crippen molar-refractivity contribution >= 4 is 5.97 Å². The number of carboxylic acids is 1. The molecule has 106 valence electrons. The summed E-state index contributed by atoms with van der Waals surface area (Å²) in [5.41, 5.74) is 1.16. The molecule has 0 radical (unpaired) electrons. The van der Waals surface area contributed by atoms with Crippen molar-refractivity contribution in [3.8, 4) is 17.7 Å². The molecule has 1 aromatic carbocycles. The average molecular weight is 286 g/mol. The van der Waals surface area contributed by atoms with Crippen molar-refractivity contribution in [1.82, 2.24) is 4.98 Å². The number of aryl methyl sites for hydroxylation is 2. The molecule has 1 N–H and O–H groups in total. The van der Waals surface area contributed by atoms with E-state index < -0.39 is 17.3 Å². The summed E-state index contributed by atoms with van der Waals surface area (Å²) in [7, 11) is 0. The molecule has 21 heavy (non-hydrogen) atoms. The molecule has 5 nitrogen and oxygen atoms in total. The van der Waals surface area contributed by atoms with Gasteiger partial charge in [-0.2, -0.15) is 5.26 Å². The predicted molar refractivity (Wildman–Crippen MR) is 71.9 cm³/mol. The SMILES string of the molecule is Cc1cc(C)c(C#N)c(Oc2ccc(C(=O)O)c(F)c2)n1. The predicted octanol–water partition coefficient (Wildman–Crippen LogP) is 3.20. The van der Waals surface area contributed by atoms with Gasteiger partial charge in [-0.15, -0.1) is 0 Å². The third-order valence-electron chi connectivity index (χ3n) is 2.81. The molecule has 1 heterocycles. The number of aromatic carboxylic acids is 1. The van der Waals surface area contributed by atoms with Gasteiger partial charge in [0.1, 0.15) is 23.2 Å². The van der Waals surface area contributed by atoms with Crippen molar-refractivity contribution in [3.63, 3.8) is 0 Å². The third-order valence-corrected chi connectivity index (χ3v) is 2.81. The van der Waals surface area contributed by atoms with Crippen LogP contribution in [0.2, 0.25) is 0 Å². The summed E-state index contributed by atoms with van der Waals surface area (Å²) >= 11 is 0. The Morgan fingerprint density at radius 1 is 1.38 bits per heavy atom. The van der Waals surface area contributed by atoms with Crippen LogP contribution in [-0.4, -0.2) is 16.1 Å². The number of carboxylic acid groups (broad SMARTS) is 1. The molecule has 0 aliphatic rings. The molecule has 2 aromatic rings. The lowest BCUT2D eigenvalue weighted by atomic mass is 10.1. The number of carbonyl (C=O) groups is 1. The zero-order valence-corrected chi connectivity index (χ0v) is 11.3. The number of benzene rings is 1. The van der Waals surface area contributed by atoms with Gasteiger partial charge >= 0.3 is 5.97 Å². The Morgan fingerprint density at radius 2 is 2.10 bits per heavy atom.